The maximum Gasteiger partial charge on any atom is 0.131 e. The summed E-state index contributed by atoms with van der Waals surface area (Å²) >= 11 is 0. The molecule has 0 unspecified atom stereocenters. The first-order chi connectivity index (χ1) is 16.2. The third kappa shape index (κ3) is 6.06. The van der Waals surface area contributed by atoms with Gasteiger partial charge in [0.05, 0.1) is 6.67 Å². The number of hydrogen-bond donors (Lipinski definition) is 2. The van der Waals surface area contributed by atoms with Gasteiger partial charge in [-0.25, -0.2) is 15.0 Å². The lowest BCUT2D eigenvalue weighted by molar-refractivity contribution is 0.642. The first kappa shape index (κ1) is 22.3. The van der Waals surface area contributed by atoms with Crippen LogP contribution in [0.3, 0.4) is 0 Å². The maximum atomic E-state index is 4.80. The molecule has 3 aromatic rings. The minimum absolute atomic E-state index is 0.525. The third-order valence-corrected chi connectivity index (χ3v) is 5.51. The second-order valence-electron chi connectivity index (χ2n) is 7.68. The van der Waals surface area contributed by atoms with Crippen molar-refractivity contribution in [1.29, 1.82) is 0 Å². The number of nitrogens with one attached hydrogen (secondary N) is 2. The van der Waals surface area contributed by atoms with E-state index in [1.54, 1.807) is 12.4 Å². The molecular formula is C25H30N8. The van der Waals surface area contributed by atoms with E-state index in [0.717, 1.165) is 60.7 Å². The van der Waals surface area contributed by atoms with Crippen LogP contribution in [0.15, 0.2) is 84.0 Å². The summed E-state index contributed by atoms with van der Waals surface area (Å²) in [5.41, 5.74) is 1.99. The molecule has 0 aromatic carbocycles. The first-order valence-corrected chi connectivity index (χ1v) is 11.2. The quantitative estimate of drug-likeness (QED) is 0.408. The summed E-state index contributed by atoms with van der Waals surface area (Å²) in [5.74, 6) is 3.66. The average Bonchev–Trinajstić information content (AvgIpc) is 2.89. The molecule has 0 atom stereocenters. The number of aromatic nitrogens is 3. The zero-order valence-electron chi connectivity index (χ0n) is 19.1. The summed E-state index contributed by atoms with van der Waals surface area (Å²) in [7, 11) is 0. The van der Waals surface area contributed by atoms with E-state index in [2.05, 4.69) is 47.5 Å². The van der Waals surface area contributed by atoms with Crippen LogP contribution in [0.25, 0.3) is 0 Å². The van der Waals surface area contributed by atoms with Gasteiger partial charge in [-0.1, -0.05) is 12.1 Å². The van der Waals surface area contributed by atoms with Gasteiger partial charge in [-0.2, -0.15) is 0 Å². The molecular weight excluding hydrogens is 412 g/mol. The van der Waals surface area contributed by atoms with E-state index in [1.807, 2.05) is 62.5 Å². The lowest BCUT2D eigenvalue weighted by Gasteiger charge is -2.36. The minimum atomic E-state index is 0.525. The lowest BCUT2D eigenvalue weighted by atomic mass is 10.2. The predicted octanol–water partition coefficient (Wildman–Crippen LogP) is 3.53. The summed E-state index contributed by atoms with van der Waals surface area (Å²) in [6.45, 7) is 8.17. The van der Waals surface area contributed by atoms with E-state index in [4.69, 9.17) is 4.98 Å². The van der Waals surface area contributed by atoms with Crippen molar-refractivity contribution in [1.82, 2.24) is 20.3 Å². The van der Waals surface area contributed by atoms with Crippen molar-refractivity contribution < 1.29 is 0 Å². The van der Waals surface area contributed by atoms with Crippen molar-refractivity contribution in [3.05, 3.63) is 84.6 Å². The SMILES string of the molecule is C/C=C(\N=C(C)c1ccncc1)NCNc1cccc(N2CCN(c3ccccn3)CC2)n1. The Morgan fingerprint density at radius 1 is 0.939 bits per heavy atom. The van der Waals surface area contributed by atoms with Gasteiger partial charge in [0.2, 0.25) is 0 Å². The summed E-state index contributed by atoms with van der Waals surface area (Å²) in [4.78, 5) is 22.6. The van der Waals surface area contributed by atoms with E-state index in [-0.39, 0.29) is 0 Å². The van der Waals surface area contributed by atoms with Gasteiger partial charge in [-0.3, -0.25) is 4.98 Å². The Bertz CT molecular complexity index is 1070. The smallest absolute Gasteiger partial charge is 0.131 e. The van der Waals surface area contributed by atoms with Gasteiger partial charge < -0.3 is 20.4 Å². The molecule has 0 radical (unpaired) electrons. The van der Waals surface area contributed by atoms with Crippen molar-refractivity contribution in [2.75, 3.05) is 48.0 Å². The second-order valence-corrected chi connectivity index (χ2v) is 7.68. The molecule has 2 N–H and O–H groups in total. The zero-order chi connectivity index (χ0) is 22.9. The molecule has 3 aromatic heterocycles. The average molecular weight is 443 g/mol. The number of hydrogen-bond acceptors (Lipinski definition) is 8. The fraction of sp³-hybridized carbons (Fsp3) is 0.280. The number of pyridine rings is 3. The van der Waals surface area contributed by atoms with Gasteiger partial charge in [0.1, 0.15) is 23.3 Å². The molecule has 1 aliphatic rings. The Hall–Kier alpha value is -3.94. The van der Waals surface area contributed by atoms with Crippen LogP contribution in [-0.2, 0) is 0 Å². The van der Waals surface area contributed by atoms with Gasteiger partial charge in [0.25, 0.3) is 0 Å². The Labute approximate surface area is 195 Å². The van der Waals surface area contributed by atoms with E-state index in [1.165, 1.54) is 0 Å². The molecule has 4 rings (SSSR count). The van der Waals surface area contributed by atoms with Crippen molar-refractivity contribution in [3.8, 4) is 0 Å². The largest absolute Gasteiger partial charge is 0.353 e. The monoisotopic (exact) mass is 442 g/mol. The first-order valence-electron chi connectivity index (χ1n) is 11.2. The van der Waals surface area contributed by atoms with Crippen LogP contribution in [0.2, 0.25) is 0 Å². The molecule has 1 aliphatic heterocycles. The maximum absolute atomic E-state index is 4.80. The van der Waals surface area contributed by atoms with Crippen LogP contribution in [0.5, 0.6) is 0 Å². The summed E-state index contributed by atoms with van der Waals surface area (Å²) < 4.78 is 0. The molecule has 8 heteroatoms. The van der Waals surface area contributed by atoms with Gasteiger partial charge in [-0.15, -0.1) is 0 Å². The molecule has 4 heterocycles. The van der Waals surface area contributed by atoms with Crippen LogP contribution >= 0.6 is 0 Å². The number of nitrogens with zero attached hydrogens (tertiary/aromatic N) is 6. The minimum Gasteiger partial charge on any atom is -0.353 e. The van der Waals surface area contributed by atoms with Crippen molar-refractivity contribution in [2.45, 2.75) is 13.8 Å². The van der Waals surface area contributed by atoms with Crippen LogP contribution < -0.4 is 20.4 Å². The summed E-state index contributed by atoms with van der Waals surface area (Å²) in [5, 5.41) is 6.67. The van der Waals surface area contributed by atoms with E-state index >= 15 is 0 Å². The van der Waals surface area contributed by atoms with E-state index in [0.29, 0.717) is 6.67 Å². The zero-order valence-corrected chi connectivity index (χ0v) is 19.1. The Morgan fingerprint density at radius 2 is 1.67 bits per heavy atom. The van der Waals surface area contributed by atoms with Crippen molar-refractivity contribution >= 4 is 23.2 Å². The molecule has 1 saturated heterocycles. The molecule has 0 aliphatic carbocycles. The molecule has 0 amide bonds. The van der Waals surface area contributed by atoms with Crippen molar-refractivity contribution in [2.24, 2.45) is 4.99 Å². The molecule has 8 nitrogen and oxygen atoms in total. The van der Waals surface area contributed by atoms with Gasteiger partial charge in [-0.05, 0) is 61.9 Å². The summed E-state index contributed by atoms with van der Waals surface area (Å²) in [6.07, 6.45) is 7.35. The Kier molecular flexibility index (Phi) is 7.48. The van der Waals surface area contributed by atoms with Crippen LogP contribution in [0.1, 0.15) is 19.4 Å². The number of anilines is 3. The Morgan fingerprint density at radius 3 is 2.36 bits per heavy atom. The molecule has 0 spiro atoms. The topological polar surface area (TPSA) is 81.6 Å². The van der Waals surface area contributed by atoms with Gasteiger partial charge >= 0.3 is 0 Å². The van der Waals surface area contributed by atoms with Crippen LogP contribution in [0, 0.1) is 0 Å². The number of rotatable bonds is 8. The molecule has 170 valence electrons. The third-order valence-electron chi connectivity index (χ3n) is 5.51. The Balaban J connectivity index is 1.29. The number of allylic oxidation sites excluding steroid dienone is 1. The fourth-order valence-electron chi connectivity index (χ4n) is 3.67. The van der Waals surface area contributed by atoms with E-state index < -0.39 is 0 Å². The molecule has 0 bridgehead atoms. The van der Waals surface area contributed by atoms with E-state index in [9.17, 15) is 0 Å². The molecule has 0 saturated carbocycles. The number of aliphatic imine (C=N–C) groups is 1. The van der Waals surface area contributed by atoms with Crippen LogP contribution in [0.4, 0.5) is 17.5 Å². The highest BCUT2D eigenvalue weighted by Crippen LogP contribution is 2.19. The predicted molar refractivity (Wildman–Crippen MR) is 135 cm³/mol. The lowest BCUT2D eigenvalue weighted by Crippen LogP contribution is -2.47. The second kappa shape index (κ2) is 11.1. The molecule has 33 heavy (non-hydrogen) atoms. The highest BCUT2D eigenvalue weighted by atomic mass is 15.3. The normalized spacial score (nSPS) is 14.8. The summed E-state index contributed by atoms with van der Waals surface area (Å²) in [6, 6.07) is 16.0. The molecule has 1 fully saturated rings. The standard InChI is InChI=1S/C25H30N8/c1-3-22(30-20(2)21-10-13-26-14-11-21)28-19-29-23-7-6-9-25(31-23)33-17-15-32(16-18-33)24-8-4-5-12-27-24/h3-14,28H,15-19H2,1-2H3,(H,29,31)/b22-3-,30-20?. The van der Waals surface area contributed by atoms with Gasteiger partial charge in [0, 0.05) is 50.5 Å². The number of piperazine rings is 1. The fourth-order valence-corrected chi connectivity index (χ4v) is 3.67. The highest BCUT2D eigenvalue weighted by molar-refractivity contribution is 5.99. The van der Waals surface area contributed by atoms with Gasteiger partial charge in [0.15, 0.2) is 0 Å². The van der Waals surface area contributed by atoms with Crippen molar-refractivity contribution in [3.63, 3.8) is 0 Å². The highest BCUT2D eigenvalue weighted by Gasteiger charge is 2.19. The van der Waals surface area contributed by atoms with Crippen LogP contribution in [-0.4, -0.2) is 53.5 Å².